The van der Waals surface area contributed by atoms with E-state index in [1.54, 1.807) is 18.2 Å². The average Bonchev–Trinajstić information content (AvgIpc) is 3.28. The number of carbonyl (C=O) groups excluding carboxylic acids is 2. The number of hydrogen-bond acceptors (Lipinski definition) is 10. The van der Waals surface area contributed by atoms with Gasteiger partial charge in [-0.3, -0.25) is 14.5 Å². The molecule has 4 rings (SSSR count). The molecule has 0 aliphatic heterocycles. The largest absolute Gasteiger partial charge is 0.508 e. The van der Waals surface area contributed by atoms with E-state index in [9.17, 15) is 30.0 Å². The van der Waals surface area contributed by atoms with E-state index in [4.69, 9.17) is 9.47 Å². The number of phenolic OH excluding ortho intramolecular Hbond substituents is 1. The zero-order chi connectivity index (χ0) is 44.6. The Kier molecular flexibility index (Phi) is 27.0. The summed E-state index contributed by atoms with van der Waals surface area (Å²) in [5.74, 6) is -0.0923. The van der Waals surface area contributed by atoms with Gasteiger partial charge >= 0.3 is 0 Å². The summed E-state index contributed by atoms with van der Waals surface area (Å²) >= 11 is 0. The summed E-state index contributed by atoms with van der Waals surface area (Å²) in [5, 5.41) is 38.8. The molecule has 1 unspecified atom stereocenters. The third-order valence-electron chi connectivity index (χ3n) is 10.9. The molecule has 0 aliphatic carbocycles. The van der Waals surface area contributed by atoms with Crippen molar-refractivity contribution in [1.82, 2.24) is 9.80 Å². The van der Waals surface area contributed by atoms with Gasteiger partial charge in [-0.05, 0) is 138 Å². The van der Waals surface area contributed by atoms with Gasteiger partial charge in [0, 0.05) is 44.1 Å². The van der Waals surface area contributed by atoms with Crippen LogP contribution in [0.2, 0.25) is 0 Å². The van der Waals surface area contributed by atoms with Crippen molar-refractivity contribution in [3.63, 3.8) is 0 Å². The number of aliphatic hydroxyl groups excluding tert-OH is 2. The lowest BCUT2D eigenvalue weighted by molar-refractivity contribution is 0.0945. The number of aldehydes is 1. The molecule has 4 N–H and O–H groups in total. The van der Waals surface area contributed by atoms with Crippen molar-refractivity contribution >= 4 is 12.1 Å². The smallest absolute Gasteiger partial charge is 0.176 e. The predicted octanol–water partition coefficient (Wildman–Crippen LogP) is 9.37. The number of ether oxygens (including phenoxy) is 2. The van der Waals surface area contributed by atoms with Crippen molar-refractivity contribution in [1.29, 1.82) is 0 Å². The van der Waals surface area contributed by atoms with Crippen LogP contribution in [-0.2, 0) is 28.9 Å². The maximum atomic E-state index is 12.3. The zero-order valence-corrected chi connectivity index (χ0v) is 37.5. The normalized spacial score (nSPS) is 11.7. The highest BCUT2D eigenvalue weighted by Gasteiger charge is 2.14. The van der Waals surface area contributed by atoms with Gasteiger partial charge in [-0.1, -0.05) is 92.4 Å². The first-order valence-electron chi connectivity index (χ1n) is 22.7. The highest BCUT2D eigenvalue weighted by Crippen LogP contribution is 2.23. The maximum absolute atomic E-state index is 12.3. The molecular weight excluding hydrogens is 781 g/mol. The van der Waals surface area contributed by atoms with Crippen LogP contribution in [0.1, 0.15) is 126 Å². The zero-order valence-electron chi connectivity index (χ0n) is 37.5. The Balaban J connectivity index is 0.000000330. The van der Waals surface area contributed by atoms with Gasteiger partial charge in [0.1, 0.15) is 11.5 Å². The number of aryl methyl sites for hydroxylation is 2. The van der Waals surface area contributed by atoms with Crippen LogP contribution in [-0.4, -0.2) is 109 Å². The van der Waals surface area contributed by atoms with E-state index in [-0.39, 0.29) is 29.5 Å². The number of ketones is 1. The standard InChI is InChI=1S/C26H39NO4.C26H35NO4/c2*1-27(20-26(30)23-14-15-25(29)24(19-23)21-28)16-8-2-3-9-17-31-18-10-7-13-22-11-5-4-6-12-22/h4-6,11-12,14-15,19,26,28-30H,2-3,7-10,13,16-18,20-21H2,1H3;4-6,11-12,14-15,19,21,29H,2-3,7-10,13,16-18,20H2,1H3. The Morgan fingerprint density at radius 1 is 0.613 bits per heavy atom. The quantitative estimate of drug-likeness (QED) is 0.0214. The van der Waals surface area contributed by atoms with E-state index < -0.39 is 6.10 Å². The van der Waals surface area contributed by atoms with Gasteiger partial charge < -0.3 is 34.8 Å². The molecule has 340 valence electrons. The number of benzene rings is 4. The first-order valence-corrected chi connectivity index (χ1v) is 22.7. The molecule has 4 aromatic rings. The minimum atomic E-state index is -0.633. The number of Topliss-reactive ketones (excluding diaryl/α,β-unsaturated/α-hetero) is 1. The van der Waals surface area contributed by atoms with Gasteiger partial charge in [0.25, 0.3) is 0 Å². The summed E-state index contributed by atoms with van der Waals surface area (Å²) in [7, 11) is 3.94. The van der Waals surface area contributed by atoms with E-state index in [1.807, 2.05) is 25.1 Å². The lowest BCUT2D eigenvalue weighted by atomic mass is 10.0. The van der Waals surface area contributed by atoms with Crippen molar-refractivity contribution in [2.45, 2.75) is 103 Å². The van der Waals surface area contributed by atoms with Crippen molar-refractivity contribution in [2.75, 3.05) is 66.7 Å². The second-order valence-electron chi connectivity index (χ2n) is 16.3. The molecule has 0 spiro atoms. The molecule has 0 bridgehead atoms. The predicted molar refractivity (Wildman–Crippen MR) is 249 cm³/mol. The molecule has 4 aromatic carbocycles. The fraction of sp³-hybridized carbons (Fsp3) is 0.500. The van der Waals surface area contributed by atoms with E-state index in [0.29, 0.717) is 30.5 Å². The highest BCUT2D eigenvalue weighted by molar-refractivity contribution is 5.99. The van der Waals surface area contributed by atoms with Gasteiger partial charge in [-0.2, -0.15) is 0 Å². The molecule has 0 aliphatic rings. The fourth-order valence-corrected chi connectivity index (χ4v) is 7.11. The highest BCUT2D eigenvalue weighted by atomic mass is 16.5. The van der Waals surface area contributed by atoms with Crippen LogP contribution < -0.4 is 0 Å². The second-order valence-corrected chi connectivity index (χ2v) is 16.3. The number of likely N-dealkylation sites (N-methyl/N-ethyl adjacent to an activating group) is 2. The number of nitrogens with zero attached hydrogens (tertiary/aromatic N) is 2. The molecule has 10 nitrogen and oxygen atoms in total. The van der Waals surface area contributed by atoms with Crippen LogP contribution in [0, 0.1) is 0 Å². The van der Waals surface area contributed by atoms with Gasteiger partial charge in [0.05, 0.1) is 24.8 Å². The number of aliphatic hydroxyl groups is 2. The lowest BCUT2D eigenvalue weighted by Crippen LogP contribution is -2.27. The Bertz CT molecular complexity index is 1770. The van der Waals surface area contributed by atoms with Gasteiger partial charge in [0.2, 0.25) is 0 Å². The number of aromatic hydroxyl groups is 2. The van der Waals surface area contributed by atoms with E-state index in [0.717, 1.165) is 129 Å². The lowest BCUT2D eigenvalue weighted by Gasteiger charge is -2.21. The Labute approximate surface area is 371 Å². The van der Waals surface area contributed by atoms with Crippen LogP contribution in [0.4, 0.5) is 0 Å². The van der Waals surface area contributed by atoms with Crippen LogP contribution >= 0.6 is 0 Å². The van der Waals surface area contributed by atoms with Crippen molar-refractivity contribution in [2.24, 2.45) is 0 Å². The molecule has 1 atom stereocenters. The van der Waals surface area contributed by atoms with Gasteiger partial charge in [-0.25, -0.2) is 0 Å². The summed E-state index contributed by atoms with van der Waals surface area (Å²) in [5.41, 5.74) is 4.55. The first-order chi connectivity index (χ1) is 30.2. The third-order valence-corrected chi connectivity index (χ3v) is 10.9. The topological polar surface area (TPSA) is 140 Å². The summed E-state index contributed by atoms with van der Waals surface area (Å²) in [6.45, 7) is 5.72. The molecule has 0 saturated carbocycles. The maximum Gasteiger partial charge on any atom is 0.176 e. The summed E-state index contributed by atoms with van der Waals surface area (Å²) in [6.07, 6.45) is 15.6. The van der Waals surface area contributed by atoms with Crippen LogP contribution in [0.25, 0.3) is 0 Å². The number of carbonyl (C=O) groups is 2. The van der Waals surface area contributed by atoms with Crippen molar-refractivity contribution in [3.05, 3.63) is 130 Å². The minimum absolute atomic E-state index is 0.0498. The van der Waals surface area contributed by atoms with Gasteiger partial charge in [0.15, 0.2) is 12.1 Å². The number of hydrogen-bond donors (Lipinski definition) is 4. The molecule has 0 heterocycles. The molecule has 10 heteroatoms. The SMILES string of the molecule is CN(CCCCCCOCCCCc1ccccc1)CC(=O)c1ccc(O)c(C=O)c1.CN(CCCCCCOCCCCc1ccccc1)CC(O)c1ccc(O)c(CO)c1. The van der Waals surface area contributed by atoms with Crippen molar-refractivity contribution < 1.29 is 39.5 Å². The molecule has 0 saturated heterocycles. The molecule has 0 aromatic heterocycles. The van der Waals surface area contributed by atoms with E-state index >= 15 is 0 Å². The minimum Gasteiger partial charge on any atom is -0.508 e. The van der Waals surface area contributed by atoms with Gasteiger partial charge in [-0.15, -0.1) is 0 Å². The number of phenols is 2. The van der Waals surface area contributed by atoms with E-state index in [1.165, 1.54) is 35.7 Å². The second kappa shape index (κ2) is 32.3. The summed E-state index contributed by atoms with van der Waals surface area (Å²) in [4.78, 5) is 27.4. The van der Waals surface area contributed by atoms with E-state index in [2.05, 4.69) is 59.5 Å². The molecule has 0 amide bonds. The third kappa shape index (κ3) is 22.6. The van der Waals surface area contributed by atoms with Crippen LogP contribution in [0.15, 0.2) is 97.1 Å². The molecule has 0 radical (unpaired) electrons. The van der Waals surface area contributed by atoms with Crippen LogP contribution in [0.3, 0.4) is 0 Å². The Hall–Kier alpha value is -4.42. The monoisotopic (exact) mass is 855 g/mol. The molecular formula is C52H74N2O8. The summed E-state index contributed by atoms with van der Waals surface area (Å²) in [6, 6.07) is 30.4. The van der Waals surface area contributed by atoms with Crippen molar-refractivity contribution in [3.8, 4) is 11.5 Å². The molecule has 0 fully saturated rings. The number of unbranched alkanes of at least 4 members (excludes halogenated alkanes) is 8. The fourth-order valence-electron chi connectivity index (χ4n) is 7.11. The average molecular weight is 855 g/mol. The molecule has 62 heavy (non-hydrogen) atoms. The van der Waals surface area contributed by atoms with Crippen LogP contribution in [0.5, 0.6) is 11.5 Å². The number of rotatable bonds is 32. The Morgan fingerprint density at radius 3 is 1.65 bits per heavy atom. The Morgan fingerprint density at radius 2 is 1.11 bits per heavy atom. The summed E-state index contributed by atoms with van der Waals surface area (Å²) < 4.78 is 11.5. The first kappa shape index (κ1) is 51.9.